The summed E-state index contributed by atoms with van der Waals surface area (Å²) in [6.45, 7) is 1.78. The Labute approximate surface area is 43.7 Å². The predicted octanol–water partition coefficient (Wildman–Crippen LogP) is 1.09. The van der Waals surface area contributed by atoms with Gasteiger partial charge in [0.25, 0.3) is 0 Å². The van der Waals surface area contributed by atoms with Crippen LogP contribution in [0.4, 0.5) is 0 Å². The summed E-state index contributed by atoms with van der Waals surface area (Å²) in [5.74, 6) is 0. The zero-order valence-electron chi connectivity index (χ0n) is 4.52. The maximum atomic E-state index is 8.69. The Hall–Kier alpha value is -0.300. The molecule has 0 saturated heterocycles. The van der Waals surface area contributed by atoms with Gasteiger partial charge in [0, 0.05) is 0 Å². The van der Waals surface area contributed by atoms with Gasteiger partial charge in [-0.2, -0.15) is 0 Å². The number of rotatable bonds is 1. The summed E-state index contributed by atoms with van der Waals surface area (Å²) in [4.78, 5) is 0. The van der Waals surface area contributed by atoms with E-state index < -0.39 is 0 Å². The van der Waals surface area contributed by atoms with Crippen LogP contribution in [0.25, 0.3) is 0 Å². The highest BCUT2D eigenvalue weighted by Gasteiger charge is 2.10. The monoisotopic (exact) mass is 98.1 g/mol. The molecule has 0 bridgehead atoms. The first kappa shape index (κ1) is 4.85. The van der Waals surface area contributed by atoms with Gasteiger partial charge in [-0.3, -0.25) is 0 Å². The van der Waals surface area contributed by atoms with Gasteiger partial charge >= 0.3 is 0 Å². The Balaban J connectivity index is 2.30. The van der Waals surface area contributed by atoms with E-state index in [1.807, 2.05) is 6.08 Å². The molecule has 0 radical (unpaired) electrons. The van der Waals surface area contributed by atoms with Gasteiger partial charge in [0.1, 0.15) is 0 Å². The lowest BCUT2D eigenvalue weighted by molar-refractivity contribution is 0.244. The molecule has 0 aromatic heterocycles. The van der Waals surface area contributed by atoms with Crippen molar-refractivity contribution in [1.82, 2.24) is 0 Å². The molecule has 1 atom stereocenters. The van der Waals surface area contributed by atoms with E-state index in [4.69, 9.17) is 5.11 Å². The summed E-state index contributed by atoms with van der Waals surface area (Å²) < 4.78 is 0. The van der Waals surface area contributed by atoms with Crippen molar-refractivity contribution in [2.45, 2.75) is 25.9 Å². The molecule has 0 aromatic rings. The van der Waals surface area contributed by atoms with Gasteiger partial charge in [0.15, 0.2) is 0 Å². The normalized spacial score (nSPS) is 21.7. The van der Waals surface area contributed by atoms with Crippen molar-refractivity contribution < 1.29 is 5.11 Å². The molecule has 1 unspecified atom stereocenters. The minimum atomic E-state index is -0.225. The van der Waals surface area contributed by atoms with Crippen LogP contribution < -0.4 is 0 Å². The molecule has 1 N–H and O–H groups in total. The van der Waals surface area contributed by atoms with E-state index in [-0.39, 0.29) is 6.10 Å². The van der Waals surface area contributed by atoms with Crippen LogP contribution in [0.2, 0.25) is 0 Å². The number of hydrogen-bond donors (Lipinski definition) is 1. The summed E-state index contributed by atoms with van der Waals surface area (Å²) in [5, 5.41) is 8.69. The molecule has 1 nitrogen and oxygen atoms in total. The van der Waals surface area contributed by atoms with Crippen LogP contribution in [-0.2, 0) is 0 Å². The van der Waals surface area contributed by atoms with Crippen molar-refractivity contribution >= 4 is 0 Å². The molecule has 0 aliphatic heterocycles. The molecule has 0 aromatic carbocycles. The van der Waals surface area contributed by atoms with Gasteiger partial charge in [-0.25, -0.2) is 0 Å². The van der Waals surface area contributed by atoms with E-state index in [2.05, 4.69) is 0 Å². The minimum absolute atomic E-state index is 0.225. The van der Waals surface area contributed by atoms with Crippen molar-refractivity contribution in [3.05, 3.63) is 11.6 Å². The molecule has 1 rings (SSSR count). The second kappa shape index (κ2) is 1.66. The summed E-state index contributed by atoms with van der Waals surface area (Å²) in [7, 11) is 0. The summed E-state index contributed by atoms with van der Waals surface area (Å²) in [6.07, 6.45) is 4.12. The topological polar surface area (TPSA) is 20.2 Å². The first-order valence-electron chi connectivity index (χ1n) is 2.66. The summed E-state index contributed by atoms with van der Waals surface area (Å²) in [6, 6.07) is 0. The molecular formula is C6H10O. The maximum Gasteiger partial charge on any atom is 0.0695 e. The first-order valence-corrected chi connectivity index (χ1v) is 2.66. The largest absolute Gasteiger partial charge is 0.389 e. The van der Waals surface area contributed by atoms with E-state index >= 15 is 0 Å². The quantitative estimate of drug-likeness (QED) is 0.487. The highest BCUT2D eigenvalue weighted by Crippen LogP contribution is 2.27. The molecule has 0 spiro atoms. The van der Waals surface area contributed by atoms with Crippen molar-refractivity contribution in [2.24, 2.45) is 0 Å². The fourth-order valence-corrected chi connectivity index (χ4v) is 0.580. The zero-order valence-corrected chi connectivity index (χ0v) is 4.52. The third-order valence-corrected chi connectivity index (χ3v) is 1.02. The van der Waals surface area contributed by atoms with Gasteiger partial charge in [-0.15, -0.1) is 0 Å². The minimum Gasteiger partial charge on any atom is -0.389 e. The molecule has 1 heteroatoms. The van der Waals surface area contributed by atoms with Gasteiger partial charge in [0.2, 0.25) is 0 Å². The highest BCUT2D eigenvalue weighted by atomic mass is 16.3. The standard InChI is InChI=1S/C6H10O/c1-5(7)4-6-2-3-6/h4-5,7H,2-3H2,1H3. The third kappa shape index (κ3) is 1.74. The zero-order chi connectivity index (χ0) is 5.28. The van der Waals surface area contributed by atoms with E-state index in [0.717, 1.165) is 0 Å². The smallest absolute Gasteiger partial charge is 0.0695 e. The van der Waals surface area contributed by atoms with E-state index in [9.17, 15) is 0 Å². The molecule has 0 heterocycles. The third-order valence-electron chi connectivity index (χ3n) is 1.02. The van der Waals surface area contributed by atoms with Gasteiger partial charge in [-0.1, -0.05) is 11.6 Å². The lowest BCUT2D eigenvalue weighted by atomic mass is 10.3. The summed E-state index contributed by atoms with van der Waals surface area (Å²) in [5.41, 5.74) is 1.41. The number of allylic oxidation sites excluding steroid dienone is 1. The average Bonchev–Trinajstić information content (AvgIpc) is 2.17. The second-order valence-electron chi connectivity index (χ2n) is 2.07. The van der Waals surface area contributed by atoms with Crippen LogP contribution in [0.1, 0.15) is 19.8 Å². The van der Waals surface area contributed by atoms with Crippen LogP contribution in [0, 0.1) is 0 Å². The lowest BCUT2D eigenvalue weighted by Crippen LogP contribution is -1.90. The van der Waals surface area contributed by atoms with Gasteiger partial charge in [0.05, 0.1) is 6.10 Å². The number of aliphatic hydroxyl groups excluding tert-OH is 1. The van der Waals surface area contributed by atoms with Crippen molar-refractivity contribution in [3.8, 4) is 0 Å². The van der Waals surface area contributed by atoms with E-state index in [1.165, 1.54) is 18.4 Å². The molecule has 1 aliphatic rings. The fraction of sp³-hybridized carbons (Fsp3) is 0.667. The molecule has 1 aliphatic carbocycles. The van der Waals surface area contributed by atoms with Gasteiger partial charge < -0.3 is 5.11 Å². The average molecular weight is 98.1 g/mol. The Morgan fingerprint density at radius 2 is 2.29 bits per heavy atom. The van der Waals surface area contributed by atoms with Crippen molar-refractivity contribution in [3.63, 3.8) is 0 Å². The Morgan fingerprint density at radius 1 is 1.71 bits per heavy atom. The van der Waals surface area contributed by atoms with Crippen LogP contribution in [0.15, 0.2) is 11.6 Å². The Bertz CT molecular complexity index is 86.4. The molecule has 0 amide bonds. The molecular weight excluding hydrogens is 88.1 g/mol. The molecule has 7 heavy (non-hydrogen) atoms. The van der Waals surface area contributed by atoms with Crippen LogP contribution in [0.5, 0.6) is 0 Å². The molecule has 1 saturated carbocycles. The number of hydrogen-bond acceptors (Lipinski definition) is 1. The first-order chi connectivity index (χ1) is 3.29. The van der Waals surface area contributed by atoms with Crippen LogP contribution >= 0.6 is 0 Å². The maximum absolute atomic E-state index is 8.69. The van der Waals surface area contributed by atoms with Gasteiger partial charge in [-0.05, 0) is 19.8 Å². The predicted molar refractivity (Wildman–Crippen MR) is 29.0 cm³/mol. The summed E-state index contributed by atoms with van der Waals surface area (Å²) >= 11 is 0. The van der Waals surface area contributed by atoms with Crippen LogP contribution in [0.3, 0.4) is 0 Å². The van der Waals surface area contributed by atoms with Crippen LogP contribution in [-0.4, -0.2) is 11.2 Å². The lowest BCUT2D eigenvalue weighted by Gasteiger charge is -1.88. The Morgan fingerprint density at radius 3 is 2.43 bits per heavy atom. The number of aliphatic hydroxyl groups is 1. The van der Waals surface area contributed by atoms with Crippen molar-refractivity contribution in [2.75, 3.05) is 0 Å². The fourth-order valence-electron chi connectivity index (χ4n) is 0.580. The van der Waals surface area contributed by atoms with E-state index in [1.54, 1.807) is 6.92 Å². The Kier molecular flexibility index (Phi) is 1.15. The van der Waals surface area contributed by atoms with Crippen molar-refractivity contribution in [1.29, 1.82) is 0 Å². The highest BCUT2D eigenvalue weighted by molar-refractivity contribution is 5.17. The molecule has 40 valence electrons. The molecule has 1 fully saturated rings. The second-order valence-corrected chi connectivity index (χ2v) is 2.07. The van der Waals surface area contributed by atoms with E-state index in [0.29, 0.717) is 0 Å². The SMILES string of the molecule is CC(O)C=C1CC1.